The molecule has 0 aromatic heterocycles. The lowest BCUT2D eigenvalue weighted by Crippen LogP contribution is -2.43. The molecular formula is C22H21BrN2O3S. The molecule has 1 heterocycles. The molecule has 1 aliphatic heterocycles. The molecule has 0 bridgehead atoms. The van der Waals surface area contributed by atoms with E-state index in [1.807, 2.05) is 42.5 Å². The van der Waals surface area contributed by atoms with Gasteiger partial charge in [-0.3, -0.25) is 4.79 Å². The Morgan fingerprint density at radius 3 is 2.52 bits per heavy atom. The monoisotopic (exact) mass is 472 g/mol. The molecule has 7 heteroatoms. The Labute approximate surface area is 178 Å². The van der Waals surface area contributed by atoms with E-state index in [0.717, 1.165) is 20.9 Å². The molecule has 1 atom stereocenters. The van der Waals surface area contributed by atoms with Crippen LogP contribution in [-0.2, 0) is 14.8 Å². The topological polar surface area (TPSA) is 66.5 Å². The van der Waals surface area contributed by atoms with Crippen molar-refractivity contribution in [3.63, 3.8) is 0 Å². The number of piperidine rings is 1. The summed E-state index contributed by atoms with van der Waals surface area (Å²) >= 11 is 3.32. The second kappa shape index (κ2) is 8.26. The molecule has 1 N–H and O–H groups in total. The van der Waals surface area contributed by atoms with Gasteiger partial charge in [0.25, 0.3) is 0 Å². The van der Waals surface area contributed by atoms with Crippen molar-refractivity contribution in [3.8, 4) is 0 Å². The van der Waals surface area contributed by atoms with Crippen molar-refractivity contribution in [2.75, 3.05) is 18.4 Å². The Morgan fingerprint density at radius 1 is 1.00 bits per heavy atom. The third-order valence-corrected chi connectivity index (χ3v) is 7.66. The number of fused-ring (bicyclic) bond motifs is 1. The molecule has 0 aliphatic carbocycles. The number of sulfonamides is 1. The van der Waals surface area contributed by atoms with E-state index in [1.54, 1.807) is 24.3 Å². The van der Waals surface area contributed by atoms with Gasteiger partial charge in [-0.2, -0.15) is 4.31 Å². The molecule has 5 nitrogen and oxygen atoms in total. The first-order valence-electron chi connectivity index (χ1n) is 9.49. The van der Waals surface area contributed by atoms with Crippen molar-refractivity contribution >= 4 is 48.3 Å². The zero-order valence-corrected chi connectivity index (χ0v) is 18.1. The number of nitrogens with zero attached hydrogens (tertiary/aromatic N) is 1. The Kier molecular flexibility index (Phi) is 5.72. The summed E-state index contributed by atoms with van der Waals surface area (Å²) in [6.45, 7) is 0.617. The minimum Gasteiger partial charge on any atom is -0.325 e. The fraction of sp³-hybridized carbons (Fsp3) is 0.227. The highest BCUT2D eigenvalue weighted by Gasteiger charge is 2.33. The number of rotatable bonds is 4. The number of anilines is 1. The van der Waals surface area contributed by atoms with Crippen molar-refractivity contribution in [1.82, 2.24) is 4.31 Å². The highest BCUT2D eigenvalue weighted by atomic mass is 79.9. The minimum atomic E-state index is -3.62. The summed E-state index contributed by atoms with van der Waals surface area (Å²) in [6, 6.07) is 20.2. The Hall–Kier alpha value is -2.22. The van der Waals surface area contributed by atoms with E-state index in [1.165, 1.54) is 4.31 Å². The molecule has 3 aromatic carbocycles. The quantitative estimate of drug-likeness (QED) is 0.601. The first-order chi connectivity index (χ1) is 13.9. The third-order valence-electron chi connectivity index (χ3n) is 5.25. The van der Waals surface area contributed by atoms with Gasteiger partial charge in [0.15, 0.2) is 0 Å². The smallest absolute Gasteiger partial charge is 0.243 e. The van der Waals surface area contributed by atoms with Crippen LogP contribution in [0, 0.1) is 5.92 Å². The van der Waals surface area contributed by atoms with Crippen LogP contribution < -0.4 is 5.32 Å². The van der Waals surface area contributed by atoms with E-state index < -0.39 is 10.0 Å². The van der Waals surface area contributed by atoms with Crippen LogP contribution in [0.5, 0.6) is 0 Å². The number of nitrogens with one attached hydrogen (secondary N) is 1. The number of amides is 1. The van der Waals surface area contributed by atoms with Crippen LogP contribution in [0.3, 0.4) is 0 Å². The van der Waals surface area contributed by atoms with Gasteiger partial charge < -0.3 is 5.32 Å². The summed E-state index contributed by atoms with van der Waals surface area (Å²) in [6.07, 6.45) is 1.33. The first kappa shape index (κ1) is 20.1. The van der Waals surface area contributed by atoms with Crippen molar-refractivity contribution in [1.29, 1.82) is 0 Å². The molecule has 4 rings (SSSR count). The van der Waals surface area contributed by atoms with E-state index in [0.29, 0.717) is 19.4 Å². The van der Waals surface area contributed by atoms with Crippen LogP contribution in [0.4, 0.5) is 5.69 Å². The second-order valence-corrected chi connectivity index (χ2v) is 10.0. The van der Waals surface area contributed by atoms with Crippen LogP contribution in [0.2, 0.25) is 0 Å². The Bertz CT molecular complexity index is 1140. The van der Waals surface area contributed by atoms with E-state index in [9.17, 15) is 13.2 Å². The van der Waals surface area contributed by atoms with Crippen LogP contribution in [0.25, 0.3) is 10.8 Å². The molecule has 1 fully saturated rings. The van der Waals surface area contributed by atoms with Crippen molar-refractivity contribution < 1.29 is 13.2 Å². The molecule has 1 aliphatic rings. The first-order valence-corrected chi connectivity index (χ1v) is 11.7. The lowest BCUT2D eigenvalue weighted by Gasteiger charge is -2.31. The minimum absolute atomic E-state index is 0.142. The SMILES string of the molecule is O=C(Nc1cccc2ccccc12)C1CCCN(S(=O)(=O)c2ccc(Br)cc2)C1. The lowest BCUT2D eigenvalue weighted by molar-refractivity contribution is -0.120. The van der Waals surface area contributed by atoms with Crippen molar-refractivity contribution in [3.05, 3.63) is 71.2 Å². The molecule has 1 unspecified atom stereocenters. The summed E-state index contributed by atoms with van der Waals surface area (Å²) < 4.78 is 28.2. The van der Waals surface area contributed by atoms with Crippen molar-refractivity contribution in [2.45, 2.75) is 17.7 Å². The maximum atomic E-state index is 13.0. The predicted molar refractivity (Wildman–Crippen MR) is 118 cm³/mol. The van der Waals surface area contributed by atoms with E-state index in [2.05, 4.69) is 21.2 Å². The molecule has 3 aromatic rings. The van der Waals surface area contributed by atoms with Gasteiger partial charge in [-0.05, 0) is 48.6 Å². The number of benzene rings is 3. The predicted octanol–water partition coefficient (Wildman–Crippen LogP) is 4.64. The molecule has 0 radical (unpaired) electrons. The number of carbonyl (C=O) groups excluding carboxylic acids is 1. The highest BCUT2D eigenvalue weighted by molar-refractivity contribution is 9.10. The van der Waals surface area contributed by atoms with E-state index >= 15 is 0 Å². The molecule has 29 heavy (non-hydrogen) atoms. The Morgan fingerprint density at radius 2 is 1.72 bits per heavy atom. The largest absolute Gasteiger partial charge is 0.325 e. The fourth-order valence-electron chi connectivity index (χ4n) is 3.70. The van der Waals surface area contributed by atoms with Gasteiger partial charge in [0, 0.05) is 28.6 Å². The molecule has 0 saturated carbocycles. The van der Waals surface area contributed by atoms with Crippen LogP contribution in [-0.4, -0.2) is 31.7 Å². The number of halogens is 1. The zero-order valence-electron chi connectivity index (χ0n) is 15.7. The van der Waals surface area contributed by atoms with E-state index in [4.69, 9.17) is 0 Å². The van der Waals surface area contributed by atoms with Gasteiger partial charge in [-0.25, -0.2) is 8.42 Å². The molecule has 150 valence electrons. The number of hydrogen-bond acceptors (Lipinski definition) is 3. The highest BCUT2D eigenvalue weighted by Crippen LogP contribution is 2.27. The summed E-state index contributed by atoms with van der Waals surface area (Å²) in [5.74, 6) is -0.523. The molecule has 1 amide bonds. The van der Waals surface area contributed by atoms with Gasteiger partial charge in [0.05, 0.1) is 10.8 Å². The standard InChI is InChI=1S/C22H21BrN2O3S/c23-18-10-12-19(13-11-18)29(27,28)25-14-4-7-17(15-25)22(26)24-21-9-3-6-16-5-1-2-8-20(16)21/h1-3,5-6,8-13,17H,4,7,14-15H2,(H,24,26). The van der Waals surface area contributed by atoms with Crippen LogP contribution in [0.1, 0.15) is 12.8 Å². The second-order valence-electron chi connectivity index (χ2n) is 7.17. The van der Waals surface area contributed by atoms with Crippen molar-refractivity contribution in [2.24, 2.45) is 5.92 Å². The molecular weight excluding hydrogens is 452 g/mol. The van der Waals surface area contributed by atoms with Crippen LogP contribution >= 0.6 is 15.9 Å². The third kappa shape index (κ3) is 4.22. The molecule has 1 saturated heterocycles. The van der Waals surface area contributed by atoms with Gasteiger partial charge >= 0.3 is 0 Å². The summed E-state index contributed by atoms with van der Waals surface area (Å²) in [4.78, 5) is 13.2. The van der Waals surface area contributed by atoms with Gasteiger partial charge in [-0.1, -0.05) is 52.3 Å². The summed E-state index contributed by atoms with van der Waals surface area (Å²) in [7, 11) is -3.62. The molecule has 0 spiro atoms. The van der Waals surface area contributed by atoms with Gasteiger partial charge in [-0.15, -0.1) is 0 Å². The lowest BCUT2D eigenvalue weighted by atomic mass is 9.98. The average Bonchev–Trinajstić information content (AvgIpc) is 2.74. The number of hydrogen-bond donors (Lipinski definition) is 1. The fourth-order valence-corrected chi connectivity index (χ4v) is 5.49. The zero-order chi connectivity index (χ0) is 20.4. The normalized spacial score (nSPS) is 17.9. The van der Waals surface area contributed by atoms with Gasteiger partial charge in [0.1, 0.15) is 0 Å². The number of carbonyl (C=O) groups is 1. The van der Waals surface area contributed by atoms with Crippen LogP contribution in [0.15, 0.2) is 76.1 Å². The summed E-state index contributed by atoms with van der Waals surface area (Å²) in [5, 5.41) is 5.03. The Balaban J connectivity index is 1.52. The summed E-state index contributed by atoms with van der Waals surface area (Å²) in [5.41, 5.74) is 0.751. The van der Waals surface area contributed by atoms with E-state index in [-0.39, 0.29) is 23.3 Å². The average molecular weight is 473 g/mol. The maximum absolute atomic E-state index is 13.0. The van der Waals surface area contributed by atoms with Gasteiger partial charge in [0.2, 0.25) is 15.9 Å². The maximum Gasteiger partial charge on any atom is 0.243 e.